The third kappa shape index (κ3) is 2.42. The van der Waals surface area contributed by atoms with Crippen LogP contribution in [0.1, 0.15) is 30.7 Å². The summed E-state index contributed by atoms with van der Waals surface area (Å²) in [6, 6.07) is 7.38. The summed E-state index contributed by atoms with van der Waals surface area (Å²) >= 11 is 0. The number of carbonyl (C=O) groups is 1. The first kappa shape index (κ1) is 11.9. The van der Waals surface area contributed by atoms with E-state index < -0.39 is 12.1 Å². The van der Waals surface area contributed by atoms with E-state index in [0.717, 1.165) is 12.0 Å². The molecule has 0 aliphatic heterocycles. The highest BCUT2D eigenvalue weighted by Gasteiger charge is 2.37. The summed E-state index contributed by atoms with van der Waals surface area (Å²) in [6.45, 7) is 0. The molecule has 92 valence electrons. The predicted molar refractivity (Wildman–Crippen MR) is 64.6 cm³/mol. The zero-order valence-electron chi connectivity index (χ0n) is 9.54. The number of nitrogens with two attached hydrogens (primary N) is 1. The fraction of sp³-hybridized carbons (Fsp3) is 0.462. The molecule has 0 spiro atoms. The highest BCUT2D eigenvalue weighted by molar-refractivity contribution is 5.67. The third-order valence-electron chi connectivity index (χ3n) is 3.55. The van der Waals surface area contributed by atoms with E-state index in [-0.39, 0.29) is 18.3 Å². The number of para-hydroxylation sites is 1. The molecular formula is C13H17NO3. The highest BCUT2D eigenvalue weighted by atomic mass is 16.4. The van der Waals surface area contributed by atoms with Gasteiger partial charge in [0.2, 0.25) is 0 Å². The van der Waals surface area contributed by atoms with Crippen molar-refractivity contribution in [1.82, 2.24) is 0 Å². The molecule has 2 rings (SSSR count). The first-order valence-corrected chi connectivity index (χ1v) is 5.84. The molecule has 4 N–H and O–H groups in total. The number of aliphatic hydroxyl groups is 1. The molecule has 0 bridgehead atoms. The van der Waals surface area contributed by atoms with Crippen molar-refractivity contribution in [3.63, 3.8) is 0 Å². The van der Waals surface area contributed by atoms with Crippen molar-refractivity contribution in [2.75, 3.05) is 5.73 Å². The molecule has 0 aromatic heterocycles. The van der Waals surface area contributed by atoms with Crippen molar-refractivity contribution in [2.24, 2.45) is 5.92 Å². The van der Waals surface area contributed by atoms with Gasteiger partial charge in [-0.2, -0.15) is 0 Å². The maximum absolute atomic E-state index is 10.8. The van der Waals surface area contributed by atoms with Crippen LogP contribution in [0.3, 0.4) is 0 Å². The van der Waals surface area contributed by atoms with Crippen molar-refractivity contribution < 1.29 is 15.0 Å². The van der Waals surface area contributed by atoms with Crippen molar-refractivity contribution in [3.8, 4) is 0 Å². The second kappa shape index (κ2) is 4.75. The summed E-state index contributed by atoms with van der Waals surface area (Å²) in [4.78, 5) is 10.8. The van der Waals surface area contributed by atoms with Crippen LogP contribution in [0.25, 0.3) is 0 Å². The van der Waals surface area contributed by atoms with Gasteiger partial charge in [-0.15, -0.1) is 0 Å². The van der Waals surface area contributed by atoms with Crippen molar-refractivity contribution in [2.45, 2.75) is 31.3 Å². The van der Waals surface area contributed by atoms with Gasteiger partial charge in [-0.3, -0.25) is 4.79 Å². The van der Waals surface area contributed by atoms with Crippen molar-refractivity contribution in [1.29, 1.82) is 0 Å². The predicted octanol–water partition coefficient (Wildman–Crippen LogP) is 1.60. The number of hydrogen-bond acceptors (Lipinski definition) is 3. The van der Waals surface area contributed by atoms with Gasteiger partial charge in [-0.05, 0) is 30.4 Å². The molecule has 1 aliphatic rings. The van der Waals surface area contributed by atoms with Crippen LogP contribution >= 0.6 is 0 Å². The smallest absolute Gasteiger partial charge is 0.303 e. The van der Waals surface area contributed by atoms with Crippen LogP contribution in [-0.2, 0) is 4.79 Å². The summed E-state index contributed by atoms with van der Waals surface area (Å²) in [5, 5.41) is 18.9. The number of rotatable bonds is 3. The van der Waals surface area contributed by atoms with Gasteiger partial charge in [-0.25, -0.2) is 0 Å². The molecule has 0 amide bonds. The molecule has 1 aromatic rings. The Morgan fingerprint density at radius 2 is 2.06 bits per heavy atom. The molecule has 4 heteroatoms. The maximum Gasteiger partial charge on any atom is 0.303 e. The van der Waals surface area contributed by atoms with Crippen LogP contribution in [-0.4, -0.2) is 22.3 Å². The lowest BCUT2D eigenvalue weighted by Crippen LogP contribution is -2.20. The molecule has 3 atom stereocenters. The standard InChI is InChI=1S/C13H17NO3/c14-10-4-2-1-3-9(10)13-8(7-12(16)17)5-6-11(13)15/h1-4,8,11,13,15H,5-7,14H2,(H,16,17). The van der Waals surface area contributed by atoms with Gasteiger partial charge in [0.25, 0.3) is 0 Å². The van der Waals surface area contributed by atoms with Crippen molar-refractivity contribution in [3.05, 3.63) is 29.8 Å². The second-order valence-electron chi connectivity index (χ2n) is 4.66. The van der Waals surface area contributed by atoms with Gasteiger partial charge in [0.05, 0.1) is 6.10 Å². The Labute approximate surface area is 100 Å². The Bertz CT molecular complexity index is 419. The summed E-state index contributed by atoms with van der Waals surface area (Å²) in [7, 11) is 0. The minimum atomic E-state index is -0.816. The third-order valence-corrected chi connectivity index (χ3v) is 3.55. The zero-order valence-corrected chi connectivity index (χ0v) is 9.54. The number of carboxylic acid groups (broad SMARTS) is 1. The largest absolute Gasteiger partial charge is 0.481 e. The van der Waals surface area contributed by atoms with Crippen LogP contribution in [0.5, 0.6) is 0 Å². The van der Waals surface area contributed by atoms with Gasteiger partial charge in [0.15, 0.2) is 0 Å². The molecule has 1 fully saturated rings. The Morgan fingerprint density at radius 1 is 1.35 bits per heavy atom. The minimum Gasteiger partial charge on any atom is -0.481 e. The molecular weight excluding hydrogens is 218 g/mol. The topological polar surface area (TPSA) is 83.5 Å². The quantitative estimate of drug-likeness (QED) is 0.695. The van der Waals surface area contributed by atoms with E-state index in [1.54, 1.807) is 6.07 Å². The number of aliphatic carboxylic acids is 1. The van der Waals surface area contributed by atoms with Gasteiger partial charge in [0.1, 0.15) is 0 Å². The van der Waals surface area contributed by atoms with Gasteiger partial charge < -0.3 is 15.9 Å². The van der Waals surface area contributed by atoms with Gasteiger partial charge in [0, 0.05) is 18.0 Å². The van der Waals surface area contributed by atoms with E-state index in [1.165, 1.54) is 0 Å². The van der Waals surface area contributed by atoms with Crippen LogP contribution in [0.2, 0.25) is 0 Å². The van der Waals surface area contributed by atoms with Crippen LogP contribution in [0.4, 0.5) is 5.69 Å². The summed E-state index contributed by atoms with van der Waals surface area (Å²) in [5.74, 6) is -0.983. The van der Waals surface area contributed by atoms with E-state index in [4.69, 9.17) is 10.8 Å². The number of benzene rings is 1. The van der Waals surface area contributed by atoms with Gasteiger partial charge >= 0.3 is 5.97 Å². The Hall–Kier alpha value is -1.55. The average molecular weight is 235 g/mol. The second-order valence-corrected chi connectivity index (χ2v) is 4.66. The lowest BCUT2D eigenvalue weighted by molar-refractivity contribution is -0.138. The lowest BCUT2D eigenvalue weighted by atomic mass is 9.85. The molecule has 0 heterocycles. The Morgan fingerprint density at radius 3 is 2.71 bits per heavy atom. The fourth-order valence-electron chi connectivity index (χ4n) is 2.79. The number of hydrogen-bond donors (Lipinski definition) is 3. The molecule has 0 radical (unpaired) electrons. The zero-order chi connectivity index (χ0) is 12.4. The molecule has 4 nitrogen and oxygen atoms in total. The molecule has 0 saturated heterocycles. The minimum absolute atomic E-state index is 0.0211. The molecule has 1 saturated carbocycles. The van der Waals surface area contributed by atoms with E-state index in [1.807, 2.05) is 18.2 Å². The molecule has 1 aromatic carbocycles. The molecule has 1 aliphatic carbocycles. The lowest BCUT2D eigenvalue weighted by Gasteiger charge is -2.22. The van der Waals surface area contributed by atoms with Crippen LogP contribution < -0.4 is 5.73 Å². The number of carboxylic acids is 1. The Kier molecular flexibility index (Phi) is 3.33. The number of aliphatic hydroxyl groups excluding tert-OH is 1. The van der Waals surface area contributed by atoms with E-state index in [2.05, 4.69) is 0 Å². The average Bonchev–Trinajstić information content (AvgIpc) is 2.60. The molecule has 3 unspecified atom stereocenters. The molecule has 17 heavy (non-hydrogen) atoms. The highest BCUT2D eigenvalue weighted by Crippen LogP contribution is 2.43. The summed E-state index contributed by atoms with van der Waals surface area (Å²) < 4.78 is 0. The number of anilines is 1. The first-order valence-electron chi connectivity index (χ1n) is 5.84. The maximum atomic E-state index is 10.8. The monoisotopic (exact) mass is 235 g/mol. The van der Waals surface area contributed by atoms with E-state index in [9.17, 15) is 9.90 Å². The SMILES string of the molecule is Nc1ccccc1C1C(O)CCC1CC(=O)O. The van der Waals surface area contributed by atoms with E-state index >= 15 is 0 Å². The van der Waals surface area contributed by atoms with E-state index in [0.29, 0.717) is 12.1 Å². The fourth-order valence-corrected chi connectivity index (χ4v) is 2.79. The van der Waals surface area contributed by atoms with Gasteiger partial charge in [-0.1, -0.05) is 18.2 Å². The summed E-state index contributed by atoms with van der Waals surface area (Å²) in [6.07, 6.45) is 1.00. The summed E-state index contributed by atoms with van der Waals surface area (Å²) in [5.41, 5.74) is 7.41. The Balaban J connectivity index is 2.27. The normalized spacial score (nSPS) is 28.2. The first-order chi connectivity index (χ1) is 8.09. The van der Waals surface area contributed by atoms with Crippen LogP contribution in [0, 0.1) is 5.92 Å². The number of nitrogen functional groups attached to an aromatic ring is 1. The van der Waals surface area contributed by atoms with Crippen molar-refractivity contribution >= 4 is 11.7 Å². The van der Waals surface area contributed by atoms with Crippen LogP contribution in [0.15, 0.2) is 24.3 Å².